The minimum atomic E-state index is 0.0339. The van der Waals surface area contributed by atoms with Gasteiger partial charge in [0.2, 0.25) is 0 Å². The predicted octanol–water partition coefficient (Wildman–Crippen LogP) is 3.43. The van der Waals surface area contributed by atoms with Crippen LogP contribution in [0.5, 0.6) is 0 Å². The highest BCUT2D eigenvalue weighted by molar-refractivity contribution is 8.03. The molecule has 6 heteroatoms. The molecule has 0 aliphatic carbocycles. The van der Waals surface area contributed by atoms with Crippen LogP contribution in [-0.2, 0) is 0 Å². The average molecular weight is 283 g/mol. The first-order valence-electron chi connectivity index (χ1n) is 5.10. The van der Waals surface area contributed by atoms with Crippen LogP contribution in [0.3, 0.4) is 0 Å². The molecule has 0 saturated carbocycles. The molecule has 1 aromatic carbocycles. The van der Waals surface area contributed by atoms with Crippen LogP contribution in [0.2, 0.25) is 0 Å². The topological polar surface area (TPSA) is 51.8 Å². The first kappa shape index (κ1) is 12.9. The molecule has 0 bridgehead atoms. The van der Waals surface area contributed by atoms with Crippen LogP contribution in [-0.4, -0.2) is 16.5 Å². The molecule has 2 N–H and O–H groups in total. The van der Waals surface area contributed by atoms with Crippen molar-refractivity contribution in [2.24, 2.45) is 5.73 Å². The molecule has 1 aromatic heterocycles. The first-order valence-corrected chi connectivity index (χ1v) is 7.96. The molecule has 2 aromatic rings. The van der Waals surface area contributed by atoms with Crippen LogP contribution in [0.1, 0.15) is 18.5 Å². The van der Waals surface area contributed by atoms with Gasteiger partial charge in [0.25, 0.3) is 0 Å². The van der Waals surface area contributed by atoms with E-state index in [-0.39, 0.29) is 6.04 Å². The van der Waals surface area contributed by atoms with Crippen molar-refractivity contribution in [3.8, 4) is 0 Å². The van der Waals surface area contributed by atoms with Gasteiger partial charge in [0.1, 0.15) is 0 Å². The van der Waals surface area contributed by atoms with Gasteiger partial charge in [-0.05, 0) is 24.8 Å². The fraction of sp³-hybridized carbons (Fsp3) is 0.273. The minimum absolute atomic E-state index is 0.0339. The van der Waals surface area contributed by atoms with E-state index >= 15 is 0 Å². The maximum Gasteiger partial charge on any atom is 0.179 e. The summed E-state index contributed by atoms with van der Waals surface area (Å²) in [5.74, 6) is 0. The van der Waals surface area contributed by atoms with Gasteiger partial charge in [-0.3, -0.25) is 0 Å². The van der Waals surface area contributed by atoms with Crippen molar-refractivity contribution in [3.63, 3.8) is 0 Å². The quantitative estimate of drug-likeness (QED) is 0.871. The Morgan fingerprint density at radius 3 is 2.59 bits per heavy atom. The van der Waals surface area contributed by atoms with Crippen molar-refractivity contribution in [1.29, 1.82) is 0 Å². The molecule has 0 spiro atoms. The molecular weight excluding hydrogens is 270 g/mol. The fourth-order valence-corrected chi connectivity index (χ4v) is 3.99. The molecule has 0 aliphatic heterocycles. The van der Waals surface area contributed by atoms with E-state index in [1.165, 1.54) is 0 Å². The second kappa shape index (κ2) is 5.86. The number of aromatic nitrogens is 2. The molecule has 0 aliphatic rings. The number of rotatable bonds is 4. The molecule has 1 atom stereocenters. The van der Waals surface area contributed by atoms with E-state index in [0.29, 0.717) is 0 Å². The molecule has 2 rings (SSSR count). The Hall–Kier alpha value is -0.560. The largest absolute Gasteiger partial charge is 0.324 e. The van der Waals surface area contributed by atoms with E-state index < -0.39 is 0 Å². The third-order valence-electron chi connectivity index (χ3n) is 2.17. The van der Waals surface area contributed by atoms with Gasteiger partial charge in [0.05, 0.1) is 0 Å². The summed E-state index contributed by atoms with van der Waals surface area (Å²) in [6.45, 7) is 1.99. The summed E-state index contributed by atoms with van der Waals surface area (Å²) < 4.78 is 1.95. The Morgan fingerprint density at radius 2 is 1.94 bits per heavy atom. The smallest absolute Gasteiger partial charge is 0.179 e. The van der Waals surface area contributed by atoms with E-state index in [4.69, 9.17) is 5.73 Å². The van der Waals surface area contributed by atoms with Gasteiger partial charge >= 0.3 is 0 Å². The van der Waals surface area contributed by atoms with Gasteiger partial charge in [0.15, 0.2) is 8.68 Å². The molecule has 0 amide bonds. The van der Waals surface area contributed by atoms with Crippen molar-refractivity contribution >= 4 is 34.9 Å². The lowest BCUT2D eigenvalue weighted by molar-refractivity contribution is 0.797. The summed E-state index contributed by atoms with van der Waals surface area (Å²) in [6, 6.07) is 8.19. The molecular formula is C11H13N3S3. The molecule has 0 fully saturated rings. The van der Waals surface area contributed by atoms with Crippen molar-refractivity contribution in [3.05, 3.63) is 29.8 Å². The van der Waals surface area contributed by atoms with Gasteiger partial charge in [-0.2, -0.15) is 0 Å². The molecule has 3 nitrogen and oxygen atoms in total. The molecule has 1 heterocycles. The molecule has 0 unspecified atom stereocenters. The molecule has 90 valence electrons. The summed E-state index contributed by atoms with van der Waals surface area (Å²) in [6.07, 6.45) is 2.00. The number of benzene rings is 1. The Labute approximate surface area is 113 Å². The lowest BCUT2D eigenvalue weighted by atomic mass is 10.1. The third-order valence-corrected chi connectivity index (χ3v) is 5.21. The maximum atomic E-state index is 5.95. The van der Waals surface area contributed by atoms with Crippen molar-refractivity contribution in [1.82, 2.24) is 10.2 Å². The van der Waals surface area contributed by atoms with Crippen LogP contribution in [0.15, 0.2) is 37.8 Å². The highest BCUT2D eigenvalue weighted by atomic mass is 32.2. The van der Waals surface area contributed by atoms with E-state index in [9.17, 15) is 0 Å². The molecule has 0 radical (unpaired) electrons. The van der Waals surface area contributed by atoms with Gasteiger partial charge in [-0.1, -0.05) is 53.1 Å². The SMILES string of the molecule is CSc1nnc(Sc2ccccc2[C@H](C)N)s1. The highest BCUT2D eigenvalue weighted by Gasteiger charge is 2.10. The Balaban J connectivity index is 2.23. The summed E-state index contributed by atoms with van der Waals surface area (Å²) in [7, 11) is 0. The van der Waals surface area contributed by atoms with Gasteiger partial charge in [-0.15, -0.1) is 10.2 Å². The lowest BCUT2D eigenvalue weighted by Gasteiger charge is -2.10. The zero-order chi connectivity index (χ0) is 12.3. The van der Waals surface area contributed by atoms with E-state index in [0.717, 1.165) is 19.1 Å². The van der Waals surface area contributed by atoms with Crippen LogP contribution >= 0.6 is 34.9 Å². The van der Waals surface area contributed by atoms with Crippen LogP contribution in [0.4, 0.5) is 0 Å². The van der Waals surface area contributed by atoms with Crippen molar-refractivity contribution < 1.29 is 0 Å². The predicted molar refractivity (Wildman–Crippen MR) is 74.9 cm³/mol. The standard InChI is InChI=1S/C11H13N3S3/c1-7(12)8-5-3-4-6-9(8)16-11-14-13-10(15-2)17-11/h3-7H,12H2,1-2H3/t7-/m0/s1. The Kier molecular flexibility index (Phi) is 4.44. The number of nitrogens with zero attached hydrogens (tertiary/aromatic N) is 2. The summed E-state index contributed by atoms with van der Waals surface area (Å²) in [5.41, 5.74) is 7.10. The number of hydrogen-bond acceptors (Lipinski definition) is 6. The average Bonchev–Trinajstić information content (AvgIpc) is 2.77. The summed E-state index contributed by atoms with van der Waals surface area (Å²) in [5, 5.41) is 8.24. The summed E-state index contributed by atoms with van der Waals surface area (Å²) in [4.78, 5) is 1.16. The highest BCUT2D eigenvalue weighted by Crippen LogP contribution is 2.35. The Morgan fingerprint density at radius 1 is 1.24 bits per heavy atom. The molecule has 17 heavy (non-hydrogen) atoms. The van der Waals surface area contributed by atoms with Crippen LogP contribution < -0.4 is 5.73 Å². The minimum Gasteiger partial charge on any atom is -0.324 e. The van der Waals surface area contributed by atoms with Gasteiger partial charge in [0, 0.05) is 10.9 Å². The number of thioether (sulfide) groups is 1. The number of hydrogen-bond donors (Lipinski definition) is 1. The van der Waals surface area contributed by atoms with E-state index in [1.54, 1.807) is 34.9 Å². The maximum absolute atomic E-state index is 5.95. The monoisotopic (exact) mass is 283 g/mol. The van der Waals surface area contributed by atoms with Gasteiger partial charge < -0.3 is 5.73 Å². The number of nitrogens with two attached hydrogens (primary N) is 1. The Bertz CT molecular complexity index is 496. The van der Waals surface area contributed by atoms with Crippen LogP contribution in [0.25, 0.3) is 0 Å². The summed E-state index contributed by atoms with van der Waals surface area (Å²) >= 11 is 4.86. The fourth-order valence-electron chi connectivity index (χ4n) is 1.36. The van der Waals surface area contributed by atoms with Crippen molar-refractivity contribution in [2.75, 3.05) is 6.26 Å². The lowest BCUT2D eigenvalue weighted by Crippen LogP contribution is -2.05. The second-order valence-electron chi connectivity index (χ2n) is 3.47. The van der Waals surface area contributed by atoms with Crippen molar-refractivity contribution in [2.45, 2.75) is 26.5 Å². The first-order chi connectivity index (χ1) is 8.20. The zero-order valence-corrected chi connectivity index (χ0v) is 12.0. The molecule has 0 saturated heterocycles. The zero-order valence-electron chi connectivity index (χ0n) is 9.58. The van der Waals surface area contributed by atoms with Crippen LogP contribution in [0, 0.1) is 0 Å². The normalized spacial score (nSPS) is 12.6. The van der Waals surface area contributed by atoms with E-state index in [1.807, 2.05) is 25.3 Å². The van der Waals surface area contributed by atoms with Gasteiger partial charge in [-0.25, -0.2) is 0 Å². The van der Waals surface area contributed by atoms with E-state index in [2.05, 4.69) is 22.3 Å². The second-order valence-corrected chi connectivity index (χ2v) is 6.79. The third kappa shape index (κ3) is 3.22.